The standard InChI is InChI=1S/C19H18N2O4/c1-12-9-13(7-8-16(12)25-2)10-20-17(22)11-21-18(23)14-5-3-4-6-15(14)19(21)24/h3-9H,10-11H2,1-2H3,(H,20,22). The minimum atomic E-state index is -0.434. The third kappa shape index (κ3) is 3.24. The van der Waals surface area contributed by atoms with Gasteiger partial charge >= 0.3 is 0 Å². The molecular formula is C19H18N2O4. The quantitative estimate of drug-likeness (QED) is 0.845. The van der Waals surface area contributed by atoms with Gasteiger partial charge in [-0.05, 0) is 36.2 Å². The Balaban J connectivity index is 1.61. The Kier molecular flexibility index (Phi) is 4.52. The van der Waals surface area contributed by atoms with Crippen molar-refractivity contribution in [3.05, 3.63) is 64.7 Å². The van der Waals surface area contributed by atoms with Crippen molar-refractivity contribution in [1.29, 1.82) is 0 Å². The molecule has 0 saturated carbocycles. The van der Waals surface area contributed by atoms with Crippen LogP contribution in [-0.2, 0) is 11.3 Å². The summed E-state index contributed by atoms with van der Waals surface area (Å²) in [4.78, 5) is 37.6. The largest absolute Gasteiger partial charge is 0.496 e. The van der Waals surface area contributed by atoms with Gasteiger partial charge in [-0.25, -0.2) is 0 Å². The lowest BCUT2D eigenvalue weighted by Gasteiger charge is -2.14. The predicted octanol–water partition coefficient (Wildman–Crippen LogP) is 1.92. The zero-order valence-corrected chi connectivity index (χ0v) is 14.0. The van der Waals surface area contributed by atoms with E-state index in [1.807, 2.05) is 25.1 Å². The lowest BCUT2D eigenvalue weighted by molar-refractivity contribution is -0.121. The molecule has 0 spiro atoms. The fraction of sp³-hybridized carbons (Fsp3) is 0.211. The summed E-state index contributed by atoms with van der Waals surface area (Å²) in [7, 11) is 1.60. The summed E-state index contributed by atoms with van der Waals surface area (Å²) in [5.74, 6) is -0.476. The molecule has 0 bridgehead atoms. The van der Waals surface area contributed by atoms with E-state index in [1.165, 1.54) is 0 Å². The summed E-state index contributed by atoms with van der Waals surface area (Å²) in [6, 6.07) is 12.2. The highest BCUT2D eigenvalue weighted by Gasteiger charge is 2.36. The zero-order chi connectivity index (χ0) is 18.0. The number of methoxy groups -OCH3 is 1. The van der Waals surface area contributed by atoms with E-state index in [1.54, 1.807) is 31.4 Å². The maximum absolute atomic E-state index is 12.2. The van der Waals surface area contributed by atoms with Gasteiger partial charge in [-0.1, -0.05) is 24.3 Å². The number of nitrogens with one attached hydrogen (secondary N) is 1. The second-order valence-corrected chi connectivity index (χ2v) is 5.82. The molecule has 128 valence electrons. The molecule has 0 atom stereocenters. The van der Waals surface area contributed by atoms with Crippen LogP contribution in [0.15, 0.2) is 42.5 Å². The van der Waals surface area contributed by atoms with Gasteiger partial charge < -0.3 is 10.1 Å². The van der Waals surface area contributed by atoms with E-state index in [0.717, 1.165) is 21.8 Å². The SMILES string of the molecule is COc1ccc(CNC(=O)CN2C(=O)c3ccccc3C2=O)cc1C. The highest BCUT2D eigenvalue weighted by Crippen LogP contribution is 2.22. The molecule has 3 rings (SSSR count). The van der Waals surface area contributed by atoms with Crippen LogP contribution in [0.2, 0.25) is 0 Å². The number of rotatable bonds is 5. The Morgan fingerprint density at radius 3 is 2.28 bits per heavy atom. The molecule has 1 aliphatic heterocycles. The average molecular weight is 338 g/mol. The van der Waals surface area contributed by atoms with Crippen molar-refractivity contribution in [1.82, 2.24) is 10.2 Å². The normalized spacial score (nSPS) is 13.0. The van der Waals surface area contributed by atoms with Crippen molar-refractivity contribution >= 4 is 17.7 Å². The average Bonchev–Trinajstić information content (AvgIpc) is 2.85. The molecule has 1 aliphatic rings. The highest BCUT2D eigenvalue weighted by molar-refractivity contribution is 6.22. The van der Waals surface area contributed by atoms with Crippen LogP contribution in [0.25, 0.3) is 0 Å². The smallest absolute Gasteiger partial charge is 0.262 e. The molecule has 25 heavy (non-hydrogen) atoms. The number of carbonyl (C=O) groups excluding carboxylic acids is 3. The number of amides is 3. The zero-order valence-electron chi connectivity index (χ0n) is 14.0. The molecule has 0 aliphatic carbocycles. The highest BCUT2D eigenvalue weighted by atomic mass is 16.5. The molecule has 0 unspecified atom stereocenters. The van der Waals surface area contributed by atoms with E-state index >= 15 is 0 Å². The van der Waals surface area contributed by atoms with Gasteiger partial charge in [0, 0.05) is 6.54 Å². The summed E-state index contributed by atoms with van der Waals surface area (Å²) in [5, 5.41) is 2.73. The molecular weight excluding hydrogens is 320 g/mol. The first-order chi connectivity index (χ1) is 12.0. The van der Waals surface area contributed by atoms with Gasteiger partial charge in [0.1, 0.15) is 12.3 Å². The topological polar surface area (TPSA) is 75.7 Å². The fourth-order valence-corrected chi connectivity index (χ4v) is 2.83. The molecule has 0 saturated heterocycles. The lowest BCUT2D eigenvalue weighted by Crippen LogP contribution is -2.40. The van der Waals surface area contributed by atoms with Gasteiger partial charge in [-0.2, -0.15) is 0 Å². The number of aryl methyl sites for hydroxylation is 1. The van der Waals surface area contributed by atoms with Crippen LogP contribution in [0, 0.1) is 6.92 Å². The van der Waals surface area contributed by atoms with Gasteiger partial charge in [0.2, 0.25) is 5.91 Å². The number of carbonyl (C=O) groups is 3. The van der Waals surface area contributed by atoms with E-state index in [2.05, 4.69) is 5.32 Å². The summed E-state index contributed by atoms with van der Waals surface area (Å²) in [6.07, 6.45) is 0. The Bertz CT molecular complexity index is 825. The molecule has 1 N–H and O–H groups in total. The van der Waals surface area contributed by atoms with Gasteiger partial charge in [0.15, 0.2) is 0 Å². The summed E-state index contributed by atoms with van der Waals surface area (Å²) < 4.78 is 5.20. The minimum Gasteiger partial charge on any atom is -0.496 e. The van der Waals surface area contributed by atoms with E-state index in [-0.39, 0.29) is 12.5 Å². The Hall–Kier alpha value is -3.15. The van der Waals surface area contributed by atoms with E-state index in [0.29, 0.717) is 17.7 Å². The lowest BCUT2D eigenvalue weighted by atomic mass is 10.1. The molecule has 0 aromatic heterocycles. The second kappa shape index (κ2) is 6.76. The molecule has 0 radical (unpaired) electrons. The van der Waals surface area contributed by atoms with E-state index < -0.39 is 11.8 Å². The number of ether oxygens (including phenoxy) is 1. The summed E-state index contributed by atoms with van der Waals surface area (Å²) in [5.41, 5.74) is 2.56. The monoisotopic (exact) mass is 338 g/mol. The van der Waals surface area contributed by atoms with Crippen LogP contribution < -0.4 is 10.1 Å². The van der Waals surface area contributed by atoms with Crippen molar-refractivity contribution in [3.63, 3.8) is 0 Å². The van der Waals surface area contributed by atoms with Crippen LogP contribution in [-0.4, -0.2) is 36.3 Å². The minimum absolute atomic E-state index is 0.290. The Morgan fingerprint density at radius 2 is 1.72 bits per heavy atom. The van der Waals surface area contributed by atoms with Crippen LogP contribution >= 0.6 is 0 Å². The van der Waals surface area contributed by atoms with Gasteiger partial charge in [0.25, 0.3) is 11.8 Å². The first kappa shape index (κ1) is 16.7. The van der Waals surface area contributed by atoms with Gasteiger partial charge in [0.05, 0.1) is 18.2 Å². The van der Waals surface area contributed by atoms with Gasteiger partial charge in [-0.3, -0.25) is 19.3 Å². The molecule has 2 aromatic rings. The molecule has 1 heterocycles. The maximum Gasteiger partial charge on any atom is 0.262 e. The van der Waals surface area contributed by atoms with E-state index in [4.69, 9.17) is 4.74 Å². The Morgan fingerprint density at radius 1 is 1.08 bits per heavy atom. The van der Waals surface area contributed by atoms with Crippen molar-refractivity contribution in [2.45, 2.75) is 13.5 Å². The number of hydrogen-bond acceptors (Lipinski definition) is 4. The second-order valence-electron chi connectivity index (χ2n) is 5.82. The van der Waals surface area contributed by atoms with Crippen molar-refractivity contribution in [2.24, 2.45) is 0 Å². The number of fused-ring (bicyclic) bond motifs is 1. The number of imide groups is 1. The third-order valence-electron chi connectivity index (χ3n) is 4.13. The summed E-state index contributed by atoms with van der Waals surface area (Å²) >= 11 is 0. The number of nitrogens with zero attached hydrogens (tertiary/aromatic N) is 1. The van der Waals surface area contributed by atoms with Crippen LogP contribution in [0.1, 0.15) is 31.8 Å². The third-order valence-corrected chi connectivity index (χ3v) is 4.13. The van der Waals surface area contributed by atoms with Crippen LogP contribution in [0.4, 0.5) is 0 Å². The molecule has 2 aromatic carbocycles. The Labute approximate surface area is 145 Å². The first-order valence-electron chi connectivity index (χ1n) is 7.86. The molecule has 6 heteroatoms. The van der Waals surface area contributed by atoms with Crippen molar-refractivity contribution in [2.75, 3.05) is 13.7 Å². The molecule has 3 amide bonds. The number of benzene rings is 2. The van der Waals surface area contributed by atoms with Crippen molar-refractivity contribution in [3.8, 4) is 5.75 Å². The predicted molar refractivity (Wildman–Crippen MR) is 91.4 cm³/mol. The summed E-state index contributed by atoms with van der Waals surface area (Å²) in [6.45, 7) is 1.94. The van der Waals surface area contributed by atoms with Crippen molar-refractivity contribution < 1.29 is 19.1 Å². The molecule has 6 nitrogen and oxygen atoms in total. The maximum atomic E-state index is 12.2. The fourth-order valence-electron chi connectivity index (χ4n) is 2.83. The van der Waals surface area contributed by atoms with Crippen LogP contribution in [0.3, 0.4) is 0 Å². The number of hydrogen-bond donors (Lipinski definition) is 1. The van der Waals surface area contributed by atoms with Gasteiger partial charge in [-0.15, -0.1) is 0 Å². The molecule has 0 fully saturated rings. The first-order valence-corrected chi connectivity index (χ1v) is 7.86. The van der Waals surface area contributed by atoms with Crippen LogP contribution in [0.5, 0.6) is 5.75 Å². The van der Waals surface area contributed by atoms with E-state index in [9.17, 15) is 14.4 Å².